The van der Waals surface area contributed by atoms with E-state index in [1.807, 2.05) is 19.1 Å². The van der Waals surface area contributed by atoms with Crippen molar-refractivity contribution in [2.24, 2.45) is 10.9 Å². The summed E-state index contributed by atoms with van der Waals surface area (Å²) in [6.07, 6.45) is 17.0. The molecular weight excluding hydrogens is 644 g/mol. The van der Waals surface area contributed by atoms with Crippen molar-refractivity contribution < 1.29 is 17.6 Å². The Labute approximate surface area is 284 Å². The summed E-state index contributed by atoms with van der Waals surface area (Å²) in [6, 6.07) is 8.34. The van der Waals surface area contributed by atoms with Gasteiger partial charge in [0.05, 0.1) is 53.7 Å². The third kappa shape index (κ3) is 7.37. The second-order valence-corrected chi connectivity index (χ2v) is 14.7. The number of fused-ring (bicyclic) bond motifs is 2. The van der Waals surface area contributed by atoms with Crippen molar-refractivity contribution in [3.05, 3.63) is 101 Å². The third-order valence-electron chi connectivity index (χ3n) is 8.96. The molecule has 1 aromatic carbocycles. The lowest BCUT2D eigenvalue weighted by molar-refractivity contribution is -0.120. The second-order valence-electron chi connectivity index (χ2n) is 12.8. The molecule has 13 heteroatoms. The van der Waals surface area contributed by atoms with Gasteiger partial charge in [0.2, 0.25) is 15.9 Å². The maximum Gasteiger partial charge on any atom is 0.227 e. The number of carbonyl (C=O) groups excluding carboxylic acids is 1. The highest BCUT2D eigenvalue weighted by molar-refractivity contribution is 7.88. The lowest BCUT2D eigenvalue weighted by atomic mass is 9.88. The Hall–Kier alpha value is -5.01. The molecule has 5 heterocycles. The number of allylic oxidation sites excluding steroid dienone is 1. The van der Waals surface area contributed by atoms with Gasteiger partial charge in [0.15, 0.2) is 0 Å². The van der Waals surface area contributed by atoms with Crippen LogP contribution in [0, 0.1) is 11.7 Å². The Morgan fingerprint density at radius 3 is 2.67 bits per heavy atom. The summed E-state index contributed by atoms with van der Waals surface area (Å²) in [6.45, 7) is 2.35. The molecule has 1 aliphatic carbocycles. The number of sulfonamides is 1. The molecule has 11 nitrogen and oxygen atoms in total. The smallest absolute Gasteiger partial charge is 0.227 e. The van der Waals surface area contributed by atoms with Crippen LogP contribution in [0.5, 0.6) is 0 Å². The molecule has 3 aromatic heterocycles. The minimum Gasteiger partial charge on any atom is -0.377 e. The molecule has 49 heavy (non-hydrogen) atoms. The summed E-state index contributed by atoms with van der Waals surface area (Å²) in [5.41, 5.74) is 7.80. The normalized spacial score (nSPS) is 17.7. The number of aromatic nitrogens is 4. The average Bonchev–Trinajstić information content (AvgIpc) is 3.40. The van der Waals surface area contributed by atoms with Gasteiger partial charge in [-0.2, -0.15) is 0 Å². The van der Waals surface area contributed by atoms with E-state index in [-0.39, 0.29) is 24.4 Å². The zero-order valence-corrected chi connectivity index (χ0v) is 28.1. The minimum atomic E-state index is -3.46. The number of rotatable bonds is 8. The van der Waals surface area contributed by atoms with Crippen LogP contribution in [-0.4, -0.2) is 52.8 Å². The number of halogens is 1. The van der Waals surface area contributed by atoms with Crippen molar-refractivity contribution in [3.8, 4) is 11.3 Å². The van der Waals surface area contributed by atoms with E-state index in [2.05, 4.69) is 36.4 Å². The van der Waals surface area contributed by atoms with Crippen LogP contribution in [0.1, 0.15) is 72.9 Å². The number of benzene rings is 1. The number of pyridine rings is 2. The predicted octanol–water partition coefficient (Wildman–Crippen LogP) is 5.84. The molecule has 4 N–H and O–H groups in total. The highest BCUT2D eigenvalue weighted by Crippen LogP contribution is 2.37. The molecule has 2 aliphatic heterocycles. The average molecular weight is 681 g/mol. The number of carbonyl (C=O) groups is 1. The highest BCUT2D eigenvalue weighted by Gasteiger charge is 2.26. The number of imidazole rings is 1. The zero-order valence-electron chi connectivity index (χ0n) is 27.3. The van der Waals surface area contributed by atoms with E-state index in [0.717, 1.165) is 60.0 Å². The van der Waals surface area contributed by atoms with Crippen molar-refractivity contribution >= 4 is 44.7 Å². The molecule has 1 saturated carbocycles. The number of hydrogen-bond donors (Lipinski definition) is 4. The summed E-state index contributed by atoms with van der Waals surface area (Å²) in [5, 5.41) is 6.53. The number of aliphatic imine (C=N–C) groups is 1. The number of anilines is 2. The van der Waals surface area contributed by atoms with E-state index in [1.54, 1.807) is 36.9 Å². The molecule has 7 rings (SSSR count). The molecule has 0 saturated heterocycles. The Morgan fingerprint density at radius 1 is 1.02 bits per heavy atom. The maximum absolute atomic E-state index is 14.8. The van der Waals surface area contributed by atoms with Gasteiger partial charge in [0.1, 0.15) is 11.6 Å². The molecule has 3 aliphatic rings. The first-order valence-electron chi connectivity index (χ1n) is 16.4. The molecule has 1 fully saturated rings. The van der Waals surface area contributed by atoms with Crippen LogP contribution in [0.15, 0.2) is 66.1 Å². The Kier molecular flexibility index (Phi) is 8.95. The maximum atomic E-state index is 14.8. The predicted molar refractivity (Wildman–Crippen MR) is 189 cm³/mol. The molecular formula is C36H37FN8O3S. The first-order chi connectivity index (χ1) is 23.6. The monoisotopic (exact) mass is 680 g/mol. The first-order valence-corrected chi connectivity index (χ1v) is 18.3. The highest BCUT2D eigenvalue weighted by atomic mass is 32.2. The van der Waals surface area contributed by atoms with Crippen molar-refractivity contribution in [3.63, 3.8) is 0 Å². The number of nitrogens with one attached hydrogen (secondary N) is 4. The Balaban J connectivity index is 1.20. The fraction of sp³-hybridized carbons (Fsp3) is 0.306. The van der Waals surface area contributed by atoms with E-state index in [0.29, 0.717) is 46.1 Å². The summed E-state index contributed by atoms with van der Waals surface area (Å²) in [4.78, 5) is 35.1. The van der Waals surface area contributed by atoms with Gasteiger partial charge in [-0.05, 0) is 67.3 Å². The van der Waals surface area contributed by atoms with Crippen molar-refractivity contribution in [2.75, 3.05) is 16.9 Å². The summed E-state index contributed by atoms with van der Waals surface area (Å²) >= 11 is 0. The van der Waals surface area contributed by atoms with E-state index < -0.39 is 15.8 Å². The molecule has 1 atom stereocenters. The van der Waals surface area contributed by atoms with Gasteiger partial charge in [0.25, 0.3) is 0 Å². The zero-order chi connectivity index (χ0) is 34.1. The Morgan fingerprint density at radius 2 is 1.86 bits per heavy atom. The van der Waals surface area contributed by atoms with Gasteiger partial charge in [-0.1, -0.05) is 25.3 Å². The largest absolute Gasteiger partial charge is 0.377 e. The SMILES string of the molecule is CC1C=C(c2nc3c([nH]2)CN=CC=C3c2cc(F)cc(CNS(C)(=O)=O)c2)c2cc(-c3cncc(NC(=O)C4CCCCC4)c3)ncc2N1. The van der Waals surface area contributed by atoms with Crippen LogP contribution in [-0.2, 0) is 27.9 Å². The molecule has 0 spiro atoms. The van der Waals surface area contributed by atoms with Crippen LogP contribution in [0.3, 0.4) is 0 Å². The summed E-state index contributed by atoms with van der Waals surface area (Å²) in [5.74, 6) is 0.208. The van der Waals surface area contributed by atoms with E-state index >= 15 is 0 Å². The first kappa shape index (κ1) is 32.5. The minimum absolute atomic E-state index is 0.0128. The summed E-state index contributed by atoms with van der Waals surface area (Å²) in [7, 11) is -3.46. The standard InChI is InChI=1S/C36H37FN8O3S/c1-21-10-30(29-15-31(40-20-32(29)42-21)25-14-27(18-39-17-25)43-36(46)23-6-4-3-5-7-23)35-44-33-19-38-9-8-28(34(33)45-35)24-11-22(12-26(37)13-24)16-41-49(2,47)48/h8-15,17-18,20-21,23,41-42H,3-7,16,19H2,1-2H3,(H,43,46)(H,44,45). The fourth-order valence-electron chi connectivity index (χ4n) is 6.62. The van der Waals surface area contributed by atoms with Gasteiger partial charge in [-0.25, -0.2) is 22.5 Å². The van der Waals surface area contributed by atoms with Gasteiger partial charge in [0, 0.05) is 53.2 Å². The van der Waals surface area contributed by atoms with Gasteiger partial charge < -0.3 is 15.6 Å². The number of aromatic amines is 1. The molecule has 1 unspecified atom stereocenters. The molecule has 4 aromatic rings. The van der Waals surface area contributed by atoms with Crippen molar-refractivity contribution in [2.45, 2.75) is 58.2 Å². The van der Waals surface area contributed by atoms with Crippen LogP contribution in [0.2, 0.25) is 0 Å². The lowest BCUT2D eigenvalue weighted by Gasteiger charge is -2.23. The van der Waals surface area contributed by atoms with Gasteiger partial charge in [-0.15, -0.1) is 0 Å². The van der Waals surface area contributed by atoms with Crippen molar-refractivity contribution in [1.82, 2.24) is 24.7 Å². The van der Waals surface area contributed by atoms with Crippen LogP contribution in [0.25, 0.3) is 22.4 Å². The van der Waals surface area contributed by atoms with Crippen LogP contribution < -0.4 is 15.4 Å². The van der Waals surface area contributed by atoms with E-state index in [1.165, 1.54) is 18.6 Å². The summed E-state index contributed by atoms with van der Waals surface area (Å²) < 4.78 is 40.6. The second kappa shape index (κ2) is 13.5. The number of nitrogens with zero attached hydrogens (tertiary/aromatic N) is 4. The quantitative estimate of drug-likeness (QED) is 0.183. The number of H-pyrrole nitrogens is 1. The lowest BCUT2D eigenvalue weighted by Crippen LogP contribution is -2.24. The van der Waals surface area contributed by atoms with Gasteiger partial charge in [-0.3, -0.25) is 19.8 Å². The molecule has 0 radical (unpaired) electrons. The third-order valence-corrected chi connectivity index (χ3v) is 9.63. The number of hydrogen-bond acceptors (Lipinski definition) is 8. The van der Waals surface area contributed by atoms with Crippen molar-refractivity contribution in [1.29, 1.82) is 0 Å². The van der Waals surface area contributed by atoms with E-state index in [4.69, 9.17) is 9.97 Å². The van der Waals surface area contributed by atoms with Gasteiger partial charge >= 0.3 is 0 Å². The van der Waals surface area contributed by atoms with Crippen LogP contribution >= 0.6 is 0 Å². The molecule has 0 bridgehead atoms. The Bertz CT molecular complexity index is 2130. The fourth-order valence-corrected chi connectivity index (χ4v) is 7.05. The number of amides is 1. The molecule has 1 amide bonds. The van der Waals surface area contributed by atoms with E-state index in [9.17, 15) is 17.6 Å². The topological polar surface area (TPSA) is 154 Å². The molecule has 252 valence electrons. The van der Waals surface area contributed by atoms with Crippen LogP contribution in [0.4, 0.5) is 15.8 Å².